The van der Waals surface area contributed by atoms with Crippen LogP contribution in [0.2, 0.25) is 0 Å². The Morgan fingerprint density at radius 2 is 2.30 bits per heavy atom. The lowest BCUT2D eigenvalue weighted by atomic mass is 10.2. The minimum Gasteiger partial charge on any atom is -0.345 e. The number of nitrogens with one attached hydrogen (secondary N) is 1. The molecule has 0 saturated carbocycles. The molecule has 3 aromatic heterocycles. The zero-order chi connectivity index (χ0) is 15.6. The van der Waals surface area contributed by atoms with Crippen molar-refractivity contribution < 1.29 is 4.79 Å². The quantitative estimate of drug-likeness (QED) is 0.734. The van der Waals surface area contributed by atoms with Gasteiger partial charge < -0.3 is 9.88 Å². The lowest BCUT2D eigenvalue weighted by Gasteiger charge is -2.07. The van der Waals surface area contributed by atoms with E-state index in [-0.39, 0.29) is 5.91 Å². The molecule has 0 spiro atoms. The van der Waals surface area contributed by atoms with Gasteiger partial charge in [0.05, 0.1) is 6.54 Å². The summed E-state index contributed by atoms with van der Waals surface area (Å²) in [6.07, 6.45) is 6.55. The van der Waals surface area contributed by atoms with Gasteiger partial charge in [-0.3, -0.25) is 4.79 Å². The Bertz CT molecular complexity index is 838. The zero-order valence-corrected chi connectivity index (χ0v) is 12.3. The van der Waals surface area contributed by atoms with E-state index in [1.54, 1.807) is 18.3 Å². The summed E-state index contributed by atoms with van der Waals surface area (Å²) in [4.78, 5) is 20.4. The smallest absolute Gasteiger partial charge is 0.251 e. The average molecular weight is 310 g/mol. The molecule has 0 radical (unpaired) electrons. The average Bonchev–Trinajstić information content (AvgIpc) is 3.30. The van der Waals surface area contributed by atoms with Gasteiger partial charge in [-0.1, -0.05) is 0 Å². The number of rotatable bonds is 4. The summed E-state index contributed by atoms with van der Waals surface area (Å²) in [6.45, 7) is 1.27. The molecule has 3 aromatic rings. The maximum atomic E-state index is 12.3. The third kappa shape index (κ3) is 2.56. The molecule has 4 rings (SSSR count). The molecule has 0 unspecified atom stereocenters. The second-order valence-electron chi connectivity index (χ2n) is 5.21. The predicted octanol–water partition coefficient (Wildman–Crippen LogP) is 0.130. The van der Waals surface area contributed by atoms with Crippen molar-refractivity contribution in [1.29, 1.82) is 0 Å². The van der Waals surface area contributed by atoms with Gasteiger partial charge in [0.2, 0.25) is 0 Å². The van der Waals surface area contributed by atoms with Gasteiger partial charge in [0.15, 0.2) is 11.6 Å². The van der Waals surface area contributed by atoms with Gasteiger partial charge in [-0.2, -0.15) is 5.10 Å². The van der Waals surface area contributed by atoms with Crippen LogP contribution in [0.1, 0.15) is 28.4 Å². The number of aryl methyl sites for hydroxylation is 1. The van der Waals surface area contributed by atoms with E-state index >= 15 is 0 Å². The molecule has 0 aliphatic carbocycles. The molecular weight excluding hydrogens is 296 g/mol. The maximum Gasteiger partial charge on any atom is 0.251 e. The molecule has 1 aliphatic heterocycles. The van der Waals surface area contributed by atoms with Crippen molar-refractivity contribution in [2.45, 2.75) is 25.9 Å². The highest BCUT2D eigenvalue weighted by molar-refractivity contribution is 5.94. The summed E-state index contributed by atoms with van der Waals surface area (Å²) in [7, 11) is 0. The van der Waals surface area contributed by atoms with E-state index in [4.69, 9.17) is 0 Å². The first kappa shape index (κ1) is 13.6. The standard InChI is InChI=1S/C14H14N8O/c23-14(17-7-13-20-19-11-2-1-5-21(11)13)10-3-4-16-12(6-10)22-9-15-8-18-22/h3-4,6,8-9H,1-2,5,7H2,(H,17,23). The van der Waals surface area contributed by atoms with Gasteiger partial charge >= 0.3 is 0 Å². The second-order valence-corrected chi connectivity index (χ2v) is 5.21. The summed E-state index contributed by atoms with van der Waals surface area (Å²) < 4.78 is 3.57. The van der Waals surface area contributed by atoms with Crippen LogP contribution in [-0.4, -0.2) is 40.4 Å². The van der Waals surface area contributed by atoms with Crippen LogP contribution in [0.4, 0.5) is 0 Å². The molecule has 9 nitrogen and oxygen atoms in total. The molecular formula is C14H14N8O. The molecule has 0 atom stereocenters. The first-order valence-corrected chi connectivity index (χ1v) is 7.31. The Labute approximate surface area is 131 Å². The van der Waals surface area contributed by atoms with Gasteiger partial charge in [-0.25, -0.2) is 14.6 Å². The van der Waals surface area contributed by atoms with Gasteiger partial charge in [-0.05, 0) is 18.6 Å². The fourth-order valence-electron chi connectivity index (χ4n) is 2.61. The van der Waals surface area contributed by atoms with E-state index in [0.29, 0.717) is 17.9 Å². The fraction of sp³-hybridized carbons (Fsp3) is 0.286. The van der Waals surface area contributed by atoms with Crippen molar-refractivity contribution in [1.82, 2.24) is 39.8 Å². The third-order valence-corrected chi connectivity index (χ3v) is 3.75. The van der Waals surface area contributed by atoms with Crippen molar-refractivity contribution in [2.75, 3.05) is 0 Å². The van der Waals surface area contributed by atoms with E-state index in [1.807, 2.05) is 0 Å². The van der Waals surface area contributed by atoms with Crippen LogP contribution in [0.3, 0.4) is 0 Å². The van der Waals surface area contributed by atoms with Crippen molar-refractivity contribution in [3.8, 4) is 5.82 Å². The molecule has 1 N–H and O–H groups in total. The van der Waals surface area contributed by atoms with Crippen LogP contribution in [0.25, 0.3) is 5.82 Å². The molecule has 0 fully saturated rings. The Balaban J connectivity index is 1.48. The van der Waals surface area contributed by atoms with Gasteiger partial charge in [-0.15, -0.1) is 10.2 Å². The van der Waals surface area contributed by atoms with E-state index < -0.39 is 0 Å². The summed E-state index contributed by atoms with van der Waals surface area (Å²) in [5.74, 6) is 2.13. The van der Waals surface area contributed by atoms with Gasteiger partial charge in [0.1, 0.15) is 18.5 Å². The molecule has 23 heavy (non-hydrogen) atoms. The van der Waals surface area contributed by atoms with Gasteiger partial charge in [0, 0.05) is 24.7 Å². The Morgan fingerprint density at radius 1 is 1.35 bits per heavy atom. The molecule has 4 heterocycles. The van der Waals surface area contributed by atoms with E-state index in [2.05, 4.69) is 35.1 Å². The minimum absolute atomic E-state index is 0.191. The number of fused-ring (bicyclic) bond motifs is 1. The van der Waals surface area contributed by atoms with Crippen molar-refractivity contribution >= 4 is 5.91 Å². The largest absolute Gasteiger partial charge is 0.345 e. The monoisotopic (exact) mass is 310 g/mol. The summed E-state index contributed by atoms with van der Waals surface area (Å²) in [6, 6.07) is 3.32. The number of pyridine rings is 1. The molecule has 0 saturated heterocycles. The fourth-order valence-corrected chi connectivity index (χ4v) is 2.61. The van der Waals surface area contributed by atoms with Crippen molar-refractivity contribution in [3.63, 3.8) is 0 Å². The third-order valence-electron chi connectivity index (χ3n) is 3.75. The number of carbonyl (C=O) groups is 1. The Kier molecular flexibility index (Phi) is 3.30. The predicted molar refractivity (Wildman–Crippen MR) is 78.7 cm³/mol. The highest BCUT2D eigenvalue weighted by Crippen LogP contribution is 2.14. The van der Waals surface area contributed by atoms with Crippen LogP contribution < -0.4 is 5.32 Å². The normalized spacial score (nSPS) is 13.0. The number of aromatic nitrogens is 7. The van der Waals surface area contributed by atoms with Crippen LogP contribution in [0, 0.1) is 0 Å². The highest BCUT2D eigenvalue weighted by atomic mass is 16.1. The number of nitrogens with zero attached hydrogens (tertiary/aromatic N) is 7. The molecule has 116 valence electrons. The van der Waals surface area contributed by atoms with Crippen molar-refractivity contribution in [2.24, 2.45) is 0 Å². The van der Waals surface area contributed by atoms with E-state index in [1.165, 1.54) is 17.3 Å². The second kappa shape index (κ2) is 5.59. The first-order chi connectivity index (χ1) is 11.3. The molecule has 0 bridgehead atoms. The Hall–Kier alpha value is -3.10. The number of hydrogen-bond acceptors (Lipinski definition) is 6. The highest BCUT2D eigenvalue weighted by Gasteiger charge is 2.17. The van der Waals surface area contributed by atoms with E-state index in [0.717, 1.165) is 31.0 Å². The number of amides is 1. The topological polar surface area (TPSA) is 103 Å². The lowest BCUT2D eigenvalue weighted by molar-refractivity contribution is 0.0949. The zero-order valence-electron chi connectivity index (χ0n) is 12.3. The number of hydrogen-bond donors (Lipinski definition) is 1. The van der Waals surface area contributed by atoms with Crippen LogP contribution in [0.5, 0.6) is 0 Å². The molecule has 9 heteroatoms. The van der Waals surface area contributed by atoms with Crippen LogP contribution in [0.15, 0.2) is 31.0 Å². The molecule has 1 aliphatic rings. The molecule has 1 amide bonds. The van der Waals surface area contributed by atoms with E-state index in [9.17, 15) is 4.79 Å². The molecule has 0 aromatic carbocycles. The van der Waals surface area contributed by atoms with Crippen LogP contribution in [-0.2, 0) is 19.5 Å². The lowest BCUT2D eigenvalue weighted by Crippen LogP contribution is -2.25. The summed E-state index contributed by atoms with van der Waals surface area (Å²) in [5.41, 5.74) is 0.506. The first-order valence-electron chi connectivity index (χ1n) is 7.31. The number of carbonyl (C=O) groups excluding carboxylic acids is 1. The van der Waals surface area contributed by atoms with Gasteiger partial charge in [0.25, 0.3) is 5.91 Å². The Morgan fingerprint density at radius 3 is 3.17 bits per heavy atom. The van der Waals surface area contributed by atoms with Crippen LogP contribution >= 0.6 is 0 Å². The minimum atomic E-state index is -0.191. The van der Waals surface area contributed by atoms with Crippen molar-refractivity contribution in [3.05, 3.63) is 48.2 Å². The maximum absolute atomic E-state index is 12.3. The summed E-state index contributed by atoms with van der Waals surface area (Å²) in [5, 5.41) is 15.1. The summed E-state index contributed by atoms with van der Waals surface area (Å²) >= 11 is 0. The SMILES string of the molecule is O=C(NCc1nnc2n1CCC2)c1ccnc(-n2cncn2)c1.